The van der Waals surface area contributed by atoms with Crippen LogP contribution in [0.3, 0.4) is 0 Å². The van der Waals surface area contributed by atoms with Gasteiger partial charge in [-0.05, 0) is 35.5 Å². The summed E-state index contributed by atoms with van der Waals surface area (Å²) in [6.07, 6.45) is 0. The molecule has 0 nitrogen and oxygen atoms in total. The number of rotatable bonds is 8. The Bertz CT molecular complexity index is 2720. The summed E-state index contributed by atoms with van der Waals surface area (Å²) in [5.41, 5.74) is 15.4. The van der Waals surface area contributed by atoms with Crippen molar-refractivity contribution in [3.05, 3.63) is 165 Å². The van der Waals surface area contributed by atoms with Gasteiger partial charge in [-0.25, -0.2) is 0 Å². The van der Waals surface area contributed by atoms with E-state index in [0.29, 0.717) is 47.3 Å². The average molecular weight is 1430 g/mol. The van der Waals surface area contributed by atoms with E-state index in [1.807, 2.05) is 0 Å². The van der Waals surface area contributed by atoms with E-state index in [9.17, 15) is 0 Å². The van der Waals surface area contributed by atoms with Crippen LogP contribution in [0.1, 0.15) is 214 Å². The fraction of sp³-hybridized carbons (Fsp3) is 0.455. The molecule has 0 N–H and O–H groups in total. The van der Waals surface area contributed by atoms with Crippen molar-refractivity contribution in [1.29, 1.82) is 0 Å². The number of hydrogen-bond donors (Lipinski definition) is 0. The topological polar surface area (TPSA) is 0 Å². The predicted molar refractivity (Wildman–Crippen MR) is 330 cm³/mol. The molecular weight excluding hydrogens is 1340 g/mol. The van der Waals surface area contributed by atoms with E-state index in [1.165, 1.54) is 76.5 Å². The molecule has 8 rings (SSSR count). The molecule has 8 aromatic rings. The largest absolute Gasteiger partial charge is 4.00 e. The van der Waals surface area contributed by atoms with Crippen LogP contribution in [-0.4, -0.2) is 10.9 Å². The van der Waals surface area contributed by atoms with Crippen molar-refractivity contribution in [2.45, 2.75) is 198 Å². The Balaban J connectivity index is -0.000000277. The van der Waals surface area contributed by atoms with Gasteiger partial charge in [0.2, 0.25) is 0 Å². The molecule has 420 valence electrons. The van der Waals surface area contributed by atoms with Gasteiger partial charge < -0.3 is 49.6 Å². The Kier molecular flexibility index (Phi) is 46.0. The molecule has 0 radical (unpaired) electrons. The van der Waals surface area contributed by atoms with E-state index in [4.69, 9.17) is 0 Å². The Morgan fingerprint density at radius 3 is 0.818 bits per heavy atom. The molecule has 0 amide bonds. The van der Waals surface area contributed by atoms with E-state index in [0.717, 1.165) is 0 Å². The summed E-state index contributed by atoms with van der Waals surface area (Å²) < 4.78 is 0. The van der Waals surface area contributed by atoms with Crippen LogP contribution >= 0.6 is 24.8 Å². The first-order valence-electron chi connectivity index (χ1n) is 26.5. The molecule has 77 heavy (non-hydrogen) atoms. The number of aryl methyl sites for hydroxylation is 2. The van der Waals surface area contributed by atoms with E-state index < -0.39 is 0 Å². The smallest absolute Gasteiger partial charge is 1.00 e. The molecule has 0 bridgehead atoms. The first-order chi connectivity index (χ1) is 32.7. The molecule has 0 saturated carbocycles. The first kappa shape index (κ1) is 85.9. The summed E-state index contributed by atoms with van der Waals surface area (Å²) in [6, 6.07) is 40.5. The third-order valence-electron chi connectivity index (χ3n) is 12.8. The van der Waals surface area contributed by atoms with Crippen LogP contribution in [0.5, 0.6) is 0 Å². The second-order valence-corrected chi connectivity index (χ2v) is 41.4. The molecular formula is C66H94Cl6Si2Zr3. The second-order valence-electron chi connectivity index (χ2n) is 22.6. The Hall–Kier alpha value is 0.143. The summed E-state index contributed by atoms with van der Waals surface area (Å²) in [5.74, 6) is 4.88. The number of halogens is 6. The van der Waals surface area contributed by atoms with Gasteiger partial charge in [0.25, 0.3) is 0 Å². The van der Waals surface area contributed by atoms with Crippen LogP contribution in [0.25, 0.3) is 43.1 Å². The summed E-state index contributed by atoms with van der Waals surface area (Å²) in [6.45, 7) is 50.1. The second kappa shape index (κ2) is 41.2. The van der Waals surface area contributed by atoms with Crippen molar-refractivity contribution < 1.29 is 123 Å². The van der Waals surface area contributed by atoms with Crippen LogP contribution in [-0.2, 0) is 72.9 Å². The molecule has 0 spiro atoms. The molecule has 0 aliphatic rings. The predicted octanol–water partition coefficient (Wildman–Crippen LogP) is 10.3. The average Bonchev–Trinajstić information content (AvgIpc) is 4.04. The summed E-state index contributed by atoms with van der Waals surface area (Å²) in [4.78, 5) is 0. The summed E-state index contributed by atoms with van der Waals surface area (Å²) >= 11 is 3.48. The minimum absolute atomic E-state index is 0. The van der Waals surface area contributed by atoms with Gasteiger partial charge in [0.1, 0.15) is 0 Å². The third kappa shape index (κ3) is 25.5. The van der Waals surface area contributed by atoms with Gasteiger partial charge in [0, 0.05) is 0 Å². The SMILES string of the molecule is CC(C)c1[cH-]c2ccccc2c1C(C)C.CC(C)c1[cH-]c2ccccc2c1C(C)C.C[Si](C)=[Zr+2].C[Si](C)=[Zr+2].Cc1cc2c(C(C)C)c(C(C)C)ccc2[cH-]1.Cc1cc2c(C(C)C)c(C(C)C)ccc2[cH-]1.Cl.Cl.[Cl-].[Cl-].[Cl-].[Cl-].[Zr+4]. The van der Waals surface area contributed by atoms with Crippen LogP contribution < -0.4 is 49.6 Å². The van der Waals surface area contributed by atoms with Crippen LogP contribution in [0.15, 0.2) is 109 Å². The molecule has 0 aromatic heterocycles. The maximum Gasteiger partial charge on any atom is 4.00 e. The molecule has 0 atom stereocenters. The van der Waals surface area contributed by atoms with E-state index in [2.05, 4.69) is 260 Å². The van der Waals surface area contributed by atoms with Gasteiger partial charge in [-0.3, -0.25) is 0 Å². The Labute approximate surface area is 557 Å². The number of hydrogen-bond acceptors (Lipinski definition) is 0. The van der Waals surface area contributed by atoms with Gasteiger partial charge in [-0.15, -0.1) is 186 Å². The first-order valence-corrected chi connectivity index (χ1v) is 38.9. The van der Waals surface area contributed by atoms with Crippen molar-refractivity contribution in [3.8, 4) is 0 Å². The fourth-order valence-corrected chi connectivity index (χ4v) is 10.0. The van der Waals surface area contributed by atoms with Crippen molar-refractivity contribution in [2.24, 2.45) is 0 Å². The quantitative estimate of drug-likeness (QED) is 0.105. The summed E-state index contributed by atoms with van der Waals surface area (Å²) in [5, 5.41) is 11.4. The van der Waals surface area contributed by atoms with Gasteiger partial charge in [-0.1, -0.05) is 171 Å². The standard InChI is InChI=1S/2C16H21.2C15H19.2C2H6Si.6ClH.3Zr/c2*1-10(2)14-7-6-13-8-12(5)9-15(13)16(14)11(3)4;2*1-10(2)14-9-12-7-5-6-8-13(12)15(14)11(3)4;2*1-3-2;;;;;;;;;/h2*6-11H,1-5H3;2*5-11H,1-4H3;2*1-2H3;6*1H;;;/q4*-1;;;;;;;;;2*+2;+4/p-4. The van der Waals surface area contributed by atoms with Crippen molar-refractivity contribution >= 4 is 78.8 Å². The van der Waals surface area contributed by atoms with E-state index >= 15 is 0 Å². The summed E-state index contributed by atoms with van der Waals surface area (Å²) in [7, 11) is 0. The van der Waals surface area contributed by atoms with Crippen molar-refractivity contribution in [3.63, 3.8) is 0 Å². The zero-order valence-corrected chi connectivity index (χ0v) is 64.9. The zero-order valence-electron chi connectivity index (χ0n) is 50.8. The molecule has 0 aliphatic heterocycles. The maximum absolute atomic E-state index is 2.36. The van der Waals surface area contributed by atoms with E-state index in [-0.39, 0.29) is 112 Å². The molecule has 0 unspecified atom stereocenters. The molecule has 8 aromatic carbocycles. The van der Waals surface area contributed by atoms with Crippen molar-refractivity contribution in [1.82, 2.24) is 0 Å². The molecule has 0 aliphatic carbocycles. The van der Waals surface area contributed by atoms with Gasteiger partial charge in [-0.2, -0.15) is 12.1 Å². The molecule has 0 fully saturated rings. The zero-order chi connectivity index (χ0) is 52.9. The Morgan fingerprint density at radius 1 is 0.338 bits per heavy atom. The molecule has 0 heterocycles. The number of fused-ring (bicyclic) bond motifs is 4. The van der Waals surface area contributed by atoms with Crippen LogP contribution in [0.2, 0.25) is 26.2 Å². The number of benzene rings is 4. The van der Waals surface area contributed by atoms with Crippen molar-refractivity contribution in [2.75, 3.05) is 0 Å². The minimum atomic E-state index is 0. The van der Waals surface area contributed by atoms with Crippen LogP contribution in [0, 0.1) is 13.8 Å². The maximum atomic E-state index is 2.36. The van der Waals surface area contributed by atoms with Gasteiger partial charge in [0.15, 0.2) is 0 Å². The fourth-order valence-electron chi connectivity index (χ4n) is 10.0. The monoisotopic (exact) mass is 1420 g/mol. The van der Waals surface area contributed by atoms with Gasteiger partial charge >= 0.3 is 110 Å². The molecule has 11 heteroatoms. The normalized spacial score (nSPS) is 10.3. The van der Waals surface area contributed by atoms with E-state index in [1.54, 1.807) is 68.9 Å². The third-order valence-corrected chi connectivity index (χ3v) is 12.8. The van der Waals surface area contributed by atoms with Gasteiger partial charge in [0.05, 0.1) is 0 Å². The van der Waals surface area contributed by atoms with Crippen LogP contribution in [0.4, 0.5) is 0 Å². The minimum Gasteiger partial charge on any atom is -1.00 e. The molecule has 0 saturated heterocycles. The Morgan fingerprint density at radius 2 is 0.584 bits per heavy atom.